The van der Waals surface area contributed by atoms with E-state index in [1.807, 2.05) is 30.5 Å². The number of pyridine rings is 1. The number of carbonyl (C=O) groups is 1. The molecule has 0 atom stereocenters. The van der Waals surface area contributed by atoms with Crippen molar-refractivity contribution in [3.63, 3.8) is 0 Å². The maximum absolute atomic E-state index is 11.8. The Morgan fingerprint density at radius 1 is 0.971 bits per heavy atom. The van der Waals surface area contributed by atoms with Crippen LogP contribution in [-0.4, -0.2) is 73.8 Å². The number of aliphatic imine (C=N–C) groups is 1. The first-order valence-corrected chi connectivity index (χ1v) is 11.7. The predicted octanol–water partition coefficient (Wildman–Crippen LogP) is 3.03. The summed E-state index contributed by atoms with van der Waals surface area (Å²) in [6.45, 7) is 8.53. The Hall–Kier alpha value is -4.18. The van der Waals surface area contributed by atoms with Crippen molar-refractivity contribution in [2.75, 3.05) is 36.4 Å². The van der Waals surface area contributed by atoms with E-state index in [0.717, 1.165) is 54.5 Å². The van der Waals surface area contributed by atoms with Gasteiger partial charge in [0.25, 0.3) is 5.91 Å². The third-order valence-electron chi connectivity index (χ3n) is 6.58. The average Bonchev–Trinajstić information content (AvgIpc) is 3.52. The average molecular weight is 468 g/mol. The second-order valence-corrected chi connectivity index (χ2v) is 9.00. The first kappa shape index (κ1) is 21.4. The van der Waals surface area contributed by atoms with Gasteiger partial charge < -0.3 is 10.2 Å². The van der Waals surface area contributed by atoms with Gasteiger partial charge in [-0.1, -0.05) is 6.07 Å². The van der Waals surface area contributed by atoms with E-state index in [9.17, 15) is 4.79 Å². The first-order valence-electron chi connectivity index (χ1n) is 11.7. The highest BCUT2D eigenvalue weighted by atomic mass is 16.1. The first-order chi connectivity index (χ1) is 17.1. The van der Waals surface area contributed by atoms with E-state index < -0.39 is 0 Å². The van der Waals surface area contributed by atoms with Crippen LogP contribution < -0.4 is 10.2 Å². The zero-order valence-electron chi connectivity index (χ0n) is 19.6. The van der Waals surface area contributed by atoms with Crippen molar-refractivity contribution in [2.45, 2.75) is 19.9 Å². The summed E-state index contributed by atoms with van der Waals surface area (Å²) >= 11 is 0. The van der Waals surface area contributed by atoms with E-state index in [1.54, 1.807) is 23.0 Å². The van der Waals surface area contributed by atoms with Crippen LogP contribution in [0.25, 0.3) is 16.9 Å². The second-order valence-electron chi connectivity index (χ2n) is 9.00. The number of hydrogen-bond donors (Lipinski definition) is 1. The minimum atomic E-state index is -0.215. The molecule has 0 radical (unpaired) electrons. The minimum absolute atomic E-state index is 0.215. The van der Waals surface area contributed by atoms with Crippen LogP contribution in [0.15, 0.2) is 54.0 Å². The van der Waals surface area contributed by atoms with Crippen LogP contribution in [0.3, 0.4) is 0 Å². The number of benzene rings is 1. The van der Waals surface area contributed by atoms with Crippen LogP contribution in [0.2, 0.25) is 0 Å². The lowest BCUT2D eigenvalue weighted by Gasteiger charge is -2.37. The SMILES string of the molecule is CC(C)N1CCN(c2ccc(Nc3ncc(-c4ccc5c(c4)C=NC5=O)n4ncnc34)cn2)CC1. The highest BCUT2D eigenvalue weighted by Crippen LogP contribution is 2.27. The van der Waals surface area contributed by atoms with Crippen molar-refractivity contribution in [1.29, 1.82) is 0 Å². The lowest BCUT2D eigenvalue weighted by molar-refractivity contribution is 0.101. The van der Waals surface area contributed by atoms with Crippen molar-refractivity contribution >= 4 is 35.1 Å². The Bertz CT molecular complexity index is 1430. The second kappa shape index (κ2) is 8.55. The molecule has 35 heavy (non-hydrogen) atoms. The highest BCUT2D eigenvalue weighted by molar-refractivity contribution is 6.13. The Morgan fingerprint density at radius 2 is 1.83 bits per heavy atom. The molecule has 0 spiro atoms. The van der Waals surface area contributed by atoms with Crippen LogP contribution in [0, 0.1) is 0 Å². The van der Waals surface area contributed by atoms with E-state index in [-0.39, 0.29) is 5.91 Å². The van der Waals surface area contributed by atoms with Crippen LogP contribution in [-0.2, 0) is 0 Å². The summed E-state index contributed by atoms with van der Waals surface area (Å²) < 4.78 is 1.74. The summed E-state index contributed by atoms with van der Waals surface area (Å²) in [7, 11) is 0. The molecule has 1 fully saturated rings. The van der Waals surface area contributed by atoms with Gasteiger partial charge in [0, 0.05) is 49.6 Å². The lowest BCUT2D eigenvalue weighted by atomic mass is 10.0. The van der Waals surface area contributed by atoms with E-state index in [0.29, 0.717) is 23.1 Å². The van der Waals surface area contributed by atoms with Crippen molar-refractivity contribution in [2.24, 2.45) is 4.99 Å². The number of aromatic nitrogens is 5. The van der Waals surface area contributed by atoms with Crippen molar-refractivity contribution in [3.05, 3.63) is 60.2 Å². The topological polar surface area (TPSA) is 104 Å². The molecule has 2 aliphatic rings. The molecule has 4 aromatic rings. The zero-order chi connectivity index (χ0) is 23.9. The highest BCUT2D eigenvalue weighted by Gasteiger charge is 2.20. The van der Waals surface area contributed by atoms with Gasteiger partial charge in [0.05, 0.1) is 29.3 Å². The minimum Gasteiger partial charge on any atom is -0.354 e. The number of piperazine rings is 1. The van der Waals surface area contributed by atoms with Crippen molar-refractivity contribution in [1.82, 2.24) is 29.5 Å². The van der Waals surface area contributed by atoms with E-state index in [2.05, 4.69) is 54.0 Å². The van der Waals surface area contributed by atoms with Crippen molar-refractivity contribution in [3.8, 4) is 11.3 Å². The summed E-state index contributed by atoms with van der Waals surface area (Å²) in [4.78, 5) is 34.2. The summed E-state index contributed by atoms with van der Waals surface area (Å²) in [6.07, 6.45) is 6.66. The summed E-state index contributed by atoms with van der Waals surface area (Å²) in [5.74, 6) is 1.35. The molecule has 1 saturated heterocycles. The summed E-state index contributed by atoms with van der Waals surface area (Å²) in [6, 6.07) is 10.2. The van der Waals surface area contributed by atoms with Gasteiger partial charge in [-0.05, 0) is 38.1 Å². The molecule has 176 valence electrons. The van der Waals surface area contributed by atoms with E-state index in [4.69, 9.17) is 0 Å². The zero-order valence-corrected chi connectivity index (χ0v) is 19.6. The molecule has 3 aromatic heterocycles. The third kappa shape index (κ3) is 3.91. The number of rotatable bonds is 5. The molecule has 2 aliphatic heterocycles. The standard InChI is InChI=1S/C25H25N9O/c1-16(2)32-7-9-33(10-8-32)22-6-4-19(13-26-22)31-23-24-29-15-30-34(24)21(14-27-23)17-3-5-20-18(11-17)12-28-25(20)35/h3-6,11-16H,7-10H2,1-2H3,(H,27,31). The fourth-order valence-corrected chi connectivity index (χ4v) is 4.57. The predicted molar refractivity (Wildman–Crippen MR) is 135 cm³/mol. The van der Waals surface area contributed by atoms with Crippen LogP contribution in [0.1, 0.15) is 29.8 Å². The van der Waals surface area contributed by atoms with E-state index >= 15 is 0 Å². The molecule has 0 bridgehead atoms. The molecule has 0 aliphatic carbocycles. The van der Waals surface area contributed by atoms with Gasteiger partial charge in [0.2, 0.25) is 0 Å². The molecule has 1 aromatic carbocycles. The van der Waals surface area contributed by atoms with Gasteiger partial charge in [-0.3, -0.25) is 9.69 Å². The molecule has 6 rings (SSSR count). The van der Waals surface area contributed by atoms with Crippen LogP contribution in [0.4, 0.5) is 17.3 Å². The Labute approximate surface area is 202 Å². The lowest BCUT2D eigenvalue weighted by Crippen LogP contribution is -2.49. The van der Waals surface area contributed by atoms with Gasteiger partial charge in [-0.2, -0.15) is 5.10 Å². The fourth-order valence-electron chi connectivity index (χ4n) is 4.57. The molecule has 1 N–H and O–H groups in total. The van der Waals surface area contributed by atoms with E-state index in [1.165, 1.54) is 6.33 Å². The van der Waals surface area contributed by atoms with Crippen LogP contribution in [0.5, 0.6) is 0 Å². The molecule has 0 unspecified atom stereocenters. The number of carbonyl (C=O) groups excluding carboxylic acids is 1. The number of nitrogens with one attached hydrogen (secondary N) is 1. The van der Waals surface area contributed by atoms with Gasteiger partial charge in [0.1, 0.15) is 12.1 Å². The molecule has 1 amide bonds. The Kier molecular flexibility index (Phi) is 5.22. The van der Waals surface area contributed by atoms with Gasteiger partial charge in [-0.25, -0.2) is 24.5 Å². The smallest absolute Gasteiger partial charge is 0.277 e. The molecule has 10 heteroatoms. The monoisotopic (exact) mass is 467 g/mol. The molecule has 10 nitrogen and oxygen atoms in total. The number of anilines is 3. The maximum atomic E-state index is 11.8. The van der Waals surface area contributed by atoms with Gasteiger partial charge >= 0.3 is 0 Å². The quantitative estimate of drug-likeness (QED) is 0.478. The maximum Gasteiger partial charge on any atom is 0.277 e. The molecular weight excluding hydrogens is 442 g/mol. The number of fused-ring (bicyclic) bond motifs is 2. The fraction of sp³-hybridized carbons (Fsp3) is 0.280. The summed E-state index contributed by atoms with van der Waals surface area (Å²) in [5.41, 5.74) is 4.47. The van der Waals surface area contributed by atoms with Gasteiger partial charge in [-0.15, -0.1) is 0 Å². The molecule has 5 heterocycles. The molecule has 0 saturated carbocycles. The normalized spacial score (nSPS) is 15.9. The number of amides is 1. The Morgan fingerprint density at radius 3 is 2.60 bits per heavy atom. The van der Waals surface area contributed by atoms with Crippen LogP contribution >= 0.6 is 0 Å². The van der Waals surface area contributed by atoms with Gasteiger partial charge in [0.15, 0.2) is 11.5 Å². The number of nitrogens with zero attached hydrogens (tertiary/aromatic N) is 8. The third-order valence-corrected chi connectivity index (χ3v) is 6.58. The summed E-state index contributed by atoms with van der Waals surface area (Å²) in [5, 5.41) is 7.72. The Balaban J connectivity index is 1.22. The van der Waals surface area contributed by atoms with Crippen molar-refractivity contribution < 1.29 is 4.79 Å². The number of hydrogen-bond acceptors (Lipinski definition) is 8. The largest absolute Gasteiger partial charge is 0.354 e. The molecular formula is C25H25N9O.